The molecular weight excluding hydrogens is 855 g/mol. The number of para-hydroxylation sites is 6. The van der Waals surface area contributed by atoms with E-state index in [1.807, 2.05) is 41.0 Å². The van der Waals surface area contributed by atoms with Crippen LogP contribution in [0.1, 0.15) is 51.0 Å². The van der Waals surface area contributed by atoms with E-state index in [4.69, 9.17) is 28.9 Å². The van der Waals surface area contributed by atoms with Crippen LogP contribution in [0.5, 0.6) is 11.5 Å². The van der Waals surface area contributed by atoms with Crippen LogP contribution in [0, 0.1) is 6.33 Å². The van der Waals surface area contributed by atoms with Crippen LogP contribution in [0.2, 0.25) is 0 Å². The van der Waals surface area contributed by atoms with E-state index in [1.165, 1.54) is 22.8 Å². The quantitative estimate of drug-likeness (QED) is 0.113. The number of aromatic nitrogens is 5. The number of nitrogens with zero attached hydrogens (tertiary/aromatic N) is 5. The van der Waals surface area contributed by atoms with E-state index in [-0.39, 0.29) is 72.3 Å². The van der Waals surface area contributed by atoms with Crippen molar-refractivity contribution in [3.63, 3.8) is 0 Å². The molecule has 0 fully saturated rings. The van der Waals surface area contributed by atoms with Gasteiger partial charge in [0.15, 0.2) is 5.75 Å². The first kappa shape index (κ1) is 26.5. The Labute approximate surface area is 431 Å². The Morgan fingerprint density at radius 2 is 1.16 bits per heavy atom. The molecule has 0 radical (unpaired) electrons. The first-order valence-electron chi connectivity index (χ1n) is 31.4. The molecule has 0 amide bonds. The van der Waals surface area contributed by atoms with Crippen LogP contribution in [-0.2, 0) is 5.41 Å². The van der Waals surface area contributed by atoms with Gasteiger partial charge in [0.05, 0.1) is 74.8 Å². The molecule has 4 aromatic heterocycles. The van der Waals surface area contributed by atoms with Gasteiger partial charge in [-0.2, -0.15) is 0 Å². The summed E-state index contributed by atoms with van der Waals surface area (Å²) in [4.78, 5) is 4.87. The lowest BCUT2D eigenvalue weighted by Gasteiger charge is -2.20. The predicted octanol–water partition coefficient (Wildman–Crippen LogP) is 15.7. The molecule has 334 valence electrons. The summed E-state index contributed by atoms with van der Waals surface area (Å²) >= 11 is 0. The molecule has 0 bridgehead atoms. The first-order chi connectivity index (χ1) is 41.8. The third-order valence-corrected chi connectivity index (χ3v) is 12.5. The molecular formula is C64H47N5O. The van der Waals surface area contributed by atoms with E-state index in [9.17, 15) is 5.48 Å². The highest BCUT2D eigenvalue weighted by molar-refractivity contribution is 6.13. The maximum atomic E-state index is 9.47. The highest BCUT2D eigenvalue weighted by Crippen LogP contribution is 2.43. The SMILES string of the molecule is [2H]c1c([2H])c([2H])c(-c2cccc(-c3c([2H])c([2H])c([2H])c([2H])c3[2H])c2-[n+]2[c-]n(-c3cccc(Oc4cc5c(cc4-n4c6c([2H])c([2H])c([2H])c([2H])c6c6c([2H])c([2H])c([2H])c([2H])c64)c4ccccc4n5-c4cc(C(C)(C)C)ccn4)c3)c3ccccc32)c([2H])c1[2H]. The van der Waals surface area contributed by atoms with Gasteiger partial charge in [0.2, 0.25) is 0 Å². The molecule has 9 aromatic carbocycles. The minimum absolute atomic E-state index is 0.0583. The molecule has 0 saturated carbocycles. The zero-order valence-corrected chi connectivity index (χ0v) is 37.7. The maximum absolute atomic E-state index is 9.47. The Kier molecular flexibility index (Phi) is 6.20. The molecule has 0 N–H and O–H groups in total. The predicted molar refractivity (Wildman–Crippen MR) is 286 cm³/mol. The number of hydrogen-bond donors (Lipinski definition) is 0. The van der Waals surface area contributed by atoms with Crippen LogP contribution in [0.15, 0.2) is 230 Å². The van der Waals surface area contributed by atoms with Crippen molar-refractivity contribution in [2.75, 3.05) is 0 Å². The monoisotopic (exact) mass is 919 g/mol. The minimum Gasteiger partial charge on any atom is -0.456 e. The fourth-order valence-corrected chi connectivity index (χ4v) is 9.34. The molecule has 6 heteroatoms. The number of ether oxygens (including phenoxy) is 1. The average Bonchev–Trinajstić information content (AvgIpc) is 1.54. The topological polar surface area (TPSA) is 40.8 Å². The number of rotatable bonds is 8. The Morgan fingerprint density at radius 3 is 1.86 bits per heavy atom. The van der Waals surface area contributed by atoms with E-state index in [0.29, 0.717) is 33.4 Å². The average molecular weight is 920 g/mol. The molecule has 0 aliphatic heterocycles. The summed E-state index contributed by atoms with van der Waals surface area (Å²) in [6.07, 6.45) is 5.14. The van der Waals surface area contributed by atoms with Crippen molar-refractivity contribution in [3.05, 3.63) is 242 Å². The smallest absolute Gasteiger partial charge is 0.269 e. The van der Waals surface area contributed by atoms with Crippen LogP contribution < -0.4 is 9.30 Å². The maximum Gasteiger partial charge on any atom is 0.269 e. The molecule has 0 aliphatic carbocycles. The summed E-state index contributed by atoms with van der Waals surface area (Å²) in [5, 5.41) is 1.14. The van der Waals surface area contributed by atoms with Gasteiger partial charge < -0.3 is 9.30 Å². The van der Waals surface area contributed by atoms with Gasteiger partial charge >= 0.3 is 0 Å². The van der Waals surface area contributed by atoms with Crippen molar-refractivity contribution in [2.45, 2.75) is 26.2 Å². The van der Waals surface area contributed by atoms with Gasteiger partial charge in [0.25, 0.3) is 6.33 Å². The van der Waals surface area contributed by atoms with Gasteiger partial charge in [0, 0.05) is 33.8 Å². The van der Waals surface area contributed by atoms with Crippen molar-refractivity contribution in [1.29, 1.82) is 0 Å². The zero-order chi connectivity index (χ0) is 62.6. The Hall–Kier alpha value is -9.00. The van der Waals surface area contributed by atoms with Gasteiger partial charge in [-0.05, 0) is 87.8 Å². The molecule has 0 spiro atoms. The number of hydrogen-bond acceptors (Lipinski definition) is 2. The molecule has 13 rings (SSSR count). The van der Waals surface area contributed by atoms with Crippen molar-refractivity contribution >= 4 is 54.6 Å². The van der Waals surface area contributed by atoms with Crippen LogP contribution in [0.25, 0.3) is 99.8 Å². The lowest BCUT2D eigenvalue weighted by Crippen LogP contribution is -2.31. The largest absolute Gasteiger partial charge is 0.456 e. The summed E-state index contributed by atoms with van der Waals surface area (Å²) in [6.45, 7) is 6.29. The van der Waals surface area contributed by atoms with Crippen molar-refractivity contribution < 1.29 is 34.0 Å². The van der Waals surface area contributed by atoms with Crippen molar-refractivity contribution in [2.24, 2.45) is 0 Å². The Bertz CT molecular complexity index is 5010. The molecule has 13 aromatic rings. The van der Waals surface area contributed by atoms with Crippen LogP contribution >= 0.6 is 0 Å². The molecule has 0 saturated heterocycles. The Morgan fingerprint density at radius 1 is 0.529 bits per heavy atom. The highest BCUT2D eigenvalue weighted by atomic mass is 16.5. The first-order valence-corrected chi connectivity index (χ1v) is 22.4. The molecule has 70 heavy (non-hydrogen) atoms. The standard InChI is InChI=1S/C64H47N5O/c1-64(2,3)45-36-37-65-62(38-45)69-56-33-15-12-28-52(56)53-40-60(68-54-31-13-10-26-50(54)51-27-11-14-32-55(51)68)61(41-59(53)69)70-47-25-18-24-46(39-47)66-42-67(58-35-17-16-34-57(58)66)63-48(43-20-6-4-7-21-43)29-19-30-49(63)44-22-8-5-9-23-44/h4-41H,1-3H3/i4D,5D,6D,7D,8D,9D,10D,11D,13D,14D,20D,21D,22D,23D,26D,27D,31D,32D. The molecule has 0 atom stereocenters. The Balaban J connectivity index is 1.09. The van der Waals surface area contributed by atoms with E-state index >= 15 is 0 Å². The molecule has 6 nitrogen and oxygen atoms in total. The summed E-state index contributed by atoms with van der Waals surface area (Å²) in [6, 6.07) is 23.2. The van der Waals surface area contributed by atoms with Gasteiger partial charge in [-0.3, -0.25) is 13.7 Å². The van der Waals surface area contributed by atoms with Gasteiger partial charge in [-0.25, -0.2) is 4.98 Å². The van der Waals surface area contributed by atoms with Crippen LogP contribution in [0.4, 0.5) is 0 Å². The van der Waals surface area contributed by atoms with E-state index < -0.39 is 109 Å². The number of imidazole rings is 1. The second-order valence-electron chi connectivity index (χ2n) is 17.7. The van der Waals surface area contributed by atoms with Crippen LogP contribution in [-0.4, -0.2) is 18.7 Å². The van der Waals surface area contributed by atoms with Crippen molar-refractivity contribution in [1.82, 2.24) is 18.7 Å². The summed E-state index contributed by atoms with van der Waals surface area (Å²) in [5.74, 6) is 0.840. The lowest BCUT2D eigenvalue weighted by molar-refractivity contribution is -0.571. The van der Waals surface area contributed by atoms with Crippen molar-refractivity contribution in [3.8, 4) is 56.6 Å². The summed E-state index contributed by atoms with van der Waals surface area (Å²) in [5.41, 5.74) is 3.04. The molecule has 4 heterocycles. The van der Waals surface area contributed by atoms with E-state index in [1.54, 1.807) is 76.0 Å². The summed E-state index contributed by atoms with van der Waals surface area (Å²) in [7, 11) is 0. The normalized spacial score (nSPS) is 15.5. The second-order valence-corrected chi connectivity index (χ2v) is 17.7. The zero-order valence-electron chi connectivity index (χ0n) is 55.7. The summed E-state index contributed by atoms with van der Waals surface area (Å²) < 4.78 is 175. The van der Waals surface area contributed by atoms with Crippen LogP contribution in [0.3, 0.4) is 0 Å². The molecule has 0 aliphatic rings. The number of fused-ring (bicyclic) bond motifs is 7. The fourth-order valence-electron chi connectivity index (χ4n) is 9.34. The van der Waals surface area contributed by atoms with Gasteiger partial charge in [-0.15, -0.1) is 0 Å². The lowest BCUT2D eigenvalue weighted by atomic mass is 9.88. The van der Waals surface area contributed by atoms with Gasteiger partial charge in [0.1, 0.15) is 11.6 Å². The number of pyridine rings is 1. The fraction of sp³-hybridized carbons (Fsp3) is 0.0625. The van der Waals surface area contributed by atoms with Gasteiger partial charge in [-0.1, -0.05) is 184 Å². The highest BCUT2D eigenvalue weighted by Gasteiger charge is 2.24. The third kappa shape index (κ3) is 6.79. The van der Waals surface area contributed by atoms with E-state index in [0.717, 1.165) is 16.5 Å². The van der Waals surface area contributed by atoms with E-state index in [2.05, 4.69) is 27.1 Å². The number of benzene rings is 9. The third-order valence-electron chi connectivity index (χ3n) is 12.5. The second kappa shape index (κ2) is 16.4. The molecule has 0 unspecified atom stereocenters. The minimum atomic E-state index is -0.631.